The molecule has 1 atom stereocenters. The van der Waals surface area contributed by atoms with E-state index < -0.39 is 18.2 Å². The number of benzene rings is 1. The van der Waals surface area contributed by atoms with E-state index in [1.807, 2.05) is 6.07 Å². The number of nitrogens with zero attached hydrogens (tertiary/aromatic N) is 4. The second kappa shape index (κ2) is 6.09. The fourth-order valence-electron chi connectivity index (χ4n) is 2.66. The number of rotatable bonds is 2. The number of nitriles is 1. The minimum Gasteiger partial charge on any atom is -0.465 e. The Balaban J connectivity index is 2.14. The lowest BCUT2D eigenvalue weighted by atomic mass is 9.94. The number of nitrogens with one attached hydrogen (secondary N) is 1. The van der Waals surface area contributed by atoms with Gasteiger partial charge in [-0.2, -0.15) is 10.2 Å². The summed E-state index contributed by atoms with van der Waals surface area (Å²) < 4.78 is 4.95. The number of hydrogen-bond acceptors (Lipinski definition) is 6. The molecule has 0 bridgehead atoms. The van der Waals surface area contributed by atoms with Crippen molar-refractivity contribution in [3.05, 3.63) is 47.0 Å². The fourth-order valence-corrected chi connectivity index (χ4v) is 2.66. The van der Waals surface area contributed by atoms with Crippen molar-refractivity contribution >= 4 is 12.1 Å². The Morgan fingerprint density at radius 2 is 2.20 bits per heavy atom. The monoisotopic (exact) mass is 339 g/mol. The van der Waals surface area contributed by atoms with Crippen molar-refractivity contribution in [2.75, 3.05) is 0 Å². The zero-order valence-electron chi connectivity index (χ0n) is 13.3. The standard InChI is InChI=1S/C16H13N5O4/c1-8-12(7-17)13(21(16(23)24)15(22)18-8)10-4-3-5-11(6-10)14-19-9(2)25-20-14/h3-6,13H,1-2H3,(H,18,22)(H,23,24). The van der Waals surface area contributed by atoms with Crippen molar-refractivity contribution in [3.63, 3.8) is 0 Å². The third-order valence-electron chi connectivity index (χ3n) is 3.76. The van der Waals surface area contributed by atoms with Crippen LogP contribution < -0.4 is 5.32 Å². The summed E-state index contributed by atoms with van der Waals surface area (Å²) in [5, 5.41) is 25.1. The van der Waals surface area contributed by atoms with Gasteiger partial charge in [0.25, 0.3) is 0 Å². The molecule has 9 nitrogen and oxygen atoms in total. The summed E-state index contributed by atoms with van der Waals surface area (Å²) in [5.41, 5.74) is 1.49. The van der Waals surface area contributed by atoms with E-state index >= 15 is 0 Å². The molecule has 0 saturated carbocycles. The minimum atomic E-state index is -1.46. The molecular weight excluding hydrogens is 326 g/mol. The van der Waals surface area contributed by atoms with Gasteiger partial charge in [-0.05, 0) is 18.6 Å². The number of imide groups is 1. The number of hydrogen-bond donors (Lipinski definition) is 2. The van der Waals surface area contributed by atoms with E-state index in [1.165, 1.54) is 0 Å². The molecule has 0 saturated heterocycles. The first-order chi connectivity index (χ1) is 11.9. The number of amides is 3. The molecule has 2 N–H and O–H groups in total. The van der Waals surface area contributed by atoms with Crippen LogP contribution in [0.5, 0.6) is 0 Å². The van der Waals surface area contributed by atoms with Crippen molar-refractivity contribution < 1.29 is 19.2 Å². The lowest BCUT2D eigenvalue weighted by Crippen LogP contribution is -2.49. The van der Waals surface area contributed by atoms with E-state index in [4.69, 9.17) is 4.52 Å². The summed E-state index contributed by atoms with van der Waals surface area (Å²) in [7, 11) is 0. The summed E-state index contributed by atoms with van der Waals surface area (Å²) >= 11 is 0. The van der Waals surface area contributed by atoms with Gasteiger partial charge < -0.3 is 14.9 Å². The first kappa shape index (κ1) is 16.2. The van der Waals surface area contributed by atoms with E-state index in [0.29, 0.717) is 33.4 Å². The molecule has 0 aliphatic carbocycles. The Morgan fingerprint density at radius 3 is 2.80 bits per heavy atom. The third kappa shape index (κ3) is 2.81. The molecule has 0 spiro atoms. The Bertz CT molecular complexity index is 940. The average Bonchev–Trinajstić information content (AvgIpc) is 3.00. The van der Waals surface area contributed by atoms with Gasteiger partial charge in [0.15, 0.2) is 0 Å². The first-order valence-electron chi connectivity index (χ1n) is 7.27. The fraction of sp³-hybridized carbons (Fsp3) is 0.188. The lowest BCUT2D eigenvalue weighted by molar-refractivity contribution is 0.136. The molecule has 126 valence electrons. The maximum absolute atomic E-state index is 12.1. The van der Waals surface area contributed by atoms with Crippen LogP contribution in [0.15, 0.2) is 40.1 Å². The molecule has 1 aromatic carbocycles. The minimum absolute atomic E-state index is 0.142. The van der Waals surface area contributed by atoms with Crippen molar-refractivity contribution in [1.29, 1.82) is 5.26 Å². The van der Waals surface area contributed by atoms with Gasteiger partial charge in [-0.3, -0.25) is 0 Å². The molecular formula is C16H13N5O4. The molecule has 1 aliphatic rings. The maximum atomic E-state index is 12.1. The molecule has 1 aromatic heterocycles. The van der Waals surface area contributed by atoms with Crippen LogP contribution >= 0.6 is 0 Å². The van der Waals surface area contributed by atoms with Gasteiger partial charge in [-0.15, -0.1) is 0 Å². The molecule has 2 heterocycles. The molecule has 0 radical (unpaired) electrons. The highest BCUT2D eigenvalue weighted by atomic mass is 16.5. The van der Waals surface area contributed by atoms with Crippen molar-refractivity contribution in [2.45, 2.75) is 19.9 Å². The average molecular weight is 339 g/mol. The van der Waals surface area contributed by atoms with Crippen LogP contribution in [0.3, 0.4) is 0 Å². The van der Waals surface area contributed by atoms with Crippen LogP contribution in [0.1, 0.15) is 24.4 Å². The van der Waals surface area contributed by atoms with Crippen LogP contribution in [0.4, 0.5) is 9.59 Å². The zero-order valence-corrected chi connectivity index (χ0v) is 13.3. The number of carbonyl (C=O) groups excluding carboxylic acids is 1. The molecule has 2 aromatic rings. The van der Waals surface area contributed by atoms with Gasteiger partial charge in [0.2, 0.25) is 11.7 Å². The highest BCUT2D eigenvalue weighted by molar-refractivity contribution is 5.93. The van der Waals surface area contributed by atoms with Gasteiger partial charge in [-0.1, -0.05) is 23.4 Å². The summed E-state index contributed by atoms with van der Waals surface area (Å²) in [6, 6.07) is 6.79. The van der Waals surface area contributed by atoms with E-state index in [0.717, 1.165) is 0 Å². The Morgan fingerprint density at radius 1 is 1.44 bits per heavy atom. The summed E-state index contributed by atoms with van der Waals surface area (Å²) in [4.78, 5) is 28.4. The van der Waals surface area contributed by atoms with E-state index in [9.17, 15) is 20.0 Å². The number of carbonyl (C=O) groups is 2. The lowest BCUT2D eigenvalue weighted by Gasteiger charge is -2.33. The third-order valence-corrected chi connectivity index (χ3v) is 3.76. The summed E-state index contributed by atoms with van der Waals surface area (Å²) in [6.45, 7) is 3.20. The van der Waals surface area contributed by atoms with Crippen LogP contribution in [0.25, 0.3) is 11.4 Å². The summed E-state index contributed by atoms with van der Waals surface area (Å²) in [5.74, 6) is 0.721. The zero-order chi connectivity index (χ0) is 18.1. The van der Waals surface area contributed by atoms with Gasteiger partial charge in [0, 0.05) is 18.2 Å². The smallest absolute Gasteiger partial charge is 0.416 e. The van der Waals surface area contributed by atoms with E-state index in [1.54, 1.807) is 38.1 Å². The highest BCUT2D eigenvalue weighted by Crippen LogP contribution is 2.34. The molecule has 1 unspecified atom stereocenters. The van der Waals surface area contributed by atoms with Crippen LogP contribution in [0, 0.1) is 18.3 Å². The van der Waals surface area contributed by atoms with E-state index in [-0.39, 0.29) is 5.57 Å². The predicted octanol–water partition coefficient (Wildman–Crippen LogP) is 2.59. The van der Waals surface area contributed by atoms with Crippen LogP contribution in [-0.4, -0.2) is 32.3 Å². The van der Waals surface area contributed by atoms with Gasteiger partial charge >= 0.3 is 12.1 Å². The van der Waals surface area contributed by atoms with Crippen LogP contribution in [0.2, 0.25) is 0 Å². The van der Waals surface area contributed by atoms with Crippen LogP contribution in [-0.2, 0) is 0 Å². The molecule has 0 fully saturated rings. The second-order valence-electron chi connectivity index (χ2n) is 5.40. The number of urea groups is 1. The van der Waals surface area contributed by atoms with Crippen molar-refractivity contribution in [3.8, 4) is 17.5 Å². The molecule has 3 rings (SSSR count). The SMILES string of the molecule is CC1=C(C#N)C(c2cccc(-c3noc(C)n3)c2)N(C(=O)O)C(=O)N1. The highest BCUT2D eigenvalue weighted by Gasteiger charge is 2.39. The molecule has 1 aliphatic heterocycles. The predicted molar refractivity (Wildman–Crippen MR) is 83.9 cm³/mol. The largest absolute Gasteiger partial charge is 0.465 e. The van der Waals surface area contributed by atoms with Gasteiger partial charge in [0.1, 0.15) is 6.04 Å². The second-order valence-corrected chi connectivity index (χ2v) is 5.40. The Labute approximate surface area is 142 Å². The Kier molecular flexibility index (Phi) is 3.94. The molecule has 9 heteroatoms. The number of carboxylic acid groups (broad SMARTS) is 1. The molecule has 3 amide bonds. The van der Waals surface area contributed by atoms with Gasteiger partial charge in [0.05, 0.1) is 11.6 Å². The number of aryl methyl sites for hydroxylation is 1. The molecule has 25 heavy (non-hydrogen) atoms. The Hall–Kier alpha value is -3.67. The van der Waals surface area contributed by atoms with E-state index in [2.05, 4.69) is 15.5 Å². The first-order valence-corrected chi connectivity index (χ1v) is 7.27. The maximum Gasteiger partial charge on any atom is 0.416 e. The van der Waals surface area contributed by atoms with Gasteiger partial charge in [-0.25, -0.2) is 14.5 Å². The summed E-state index contributed by atoms with van der Waals surface area (Å²) in [6.07, 6.45) is -1.46. The number of allylic oxidation sites excluding steroid dienone is 1. The normalized spacial score (nSPS) is 17.2. The topological polar surface area (TPSA) is 132 Å². The number of aromatic nitrogens is 2. The quantitative estimate of drug-likeness (QED) is 0.859. The van der Waals surface area contributed by atoms with Crippen molar-refractivity contribution in [2.24, 2.45) is 0 Å². The van der Waals surface area contributed by atoms with Crippen molar-refractivity contribution in [1.82, 2.24) is 20.4 Å².